The number of halogens is 3. The third kappa shape index (κ3) is 4.20. The highest BCUT2D eigenvalue weighted by molar-refractivity contribution is 7.92. The Kier molecular flexibility index (Phi) is 5.34. The molecule has 0 spiro atoms. The summed E-state index contributed by atoms with van der Waals surface area (Å²) < 4.78 is 42.2. The minimum atomic E-state index is -4.38. The Hall–Kier alpha value is -3.14. The maximum absolute atomic E-state index is 14.5. The number of anilines is 1. The van der Waals surface area contributed by atoms with Crippen molar-refractivity contribution >= 4 is 49.9 Å². The molecule has 0 atom stereocenters. The van der Waals surface area contributed by atoms with Gasteiger partial charge in [-0.15, -0.1) is 0 Å². The summed E-state index contributed by atoms with van der Waals surface area (Å²) in [6.45, 7) is 0. The highest BCUT2D eigenvalue weighted by Crippen LogP contribution is 2.32. The molecule has 0 bridgehead atoms. The Morgan fingerprint density at radius 3 is 2.19 bits per heavy atom. The van der Waals surface area contributed by atoms with Crippen molar-refractivity contribution < 1.29 is 12.8 Å². The van der Waals surface area contributed by atoms with E-state index in [0.29, 0.717) is 10.6 Å². The van der Waals surface area contributed by atoms with Crippen LogP contribution in [0.4, 0.5) is 10.1 Å². The smallest absolute Gasteiger partial charge is 0.314 e. The van der Waals surface area contributed by atoms with Crippen LogP contribution in [0.5, 0.6) is 0 Å². The van der Waals surface area contributed by atoms with Crippen LogP contribution >= 0.6 is 23.2 Å². The third-order valence-corrected chi connectivity index (χ3v) is 6.37. The molecule has 3 N–H and O–H groups in total. The third-order valence-electron chi connectivity index (χ3n) is 4.42. The molecule has 3 aromatic carbocycles. The van der Waals surface area contributed by atoms with Gasteiger partial charge >= 0.3 is 11.1 Å². The highest BCUT2D eigenvalue weighted by atomic mass is 35.5. The van der Waals surface area contributed by atoms with E-state index < -0.39 is 31.9 Å². The maximum atomic E-state index is 14.5. The molecular formula is C20H12Cl2FN3O4S. The molecule has 11 heteroatoms. The van der Waals surface area contributed by atoms with E-state index in [0.717, 1.165) is 17.7 Å². The predicted molar refractivity (Wildman–Crippen MR) is 118 cm³/mol. The Balaban J connectivity index is 1.71. The summed E-state index contributed by atoms with van der Waals surface area (Å²) in [7, 11) is -4.38. The van der Waals surface area contributed by atoms with Gasteiger partial charge < -0.3 is 9.97 Å². The van der Waals surface area contributed by atoms with Gasteiger partial charge in [0.25, 0.3) is 10.0 Å². The quantitative estimate of drug-likeness (QED) is 0.382. The molecule has 0 amide bonds. The van der Waals surface area contributed by atoms with Crippen molar-refractivity contribution in [2.75, 3.05) is 4.72 Å². The average Bonchev–Trinajstić information content (AvgIpc) is 2.68. The molecule has 0 aliphatic carbocycles. The summed E-state index contributed by atoms with van der Waals surface area (Å²) in [6.07, 6.45) is 0. The van der Waals surface area contributed by atoms with Gasteiger partial charge in [-0.3, -0.25) is 14.3 Å². The number of H-pyrrole nitrogens is 2. The SMILES string of the molecule is O=c1[nH]c2cc(F)c(S(=O)(=O)Nc3ccc(-c4cccc(Cl)c4)c(Cl)c3)cc2[nH]c1=O. The van der Waals surface area contributed by atoms with Crippen molar-refractivity contribution in [2.45, 2.75) is 4.90 Å². The molecule has 0 aliphatic rings. The first-order chi connectivity index (χ1) is 14.6. The van der Waals surface area contributed by atoms with Gasteiger partial charge in [0.2, 0.25) is 0 Å². The molecule has 1 heterocycles. The molecule has 158 valence electrons. The number of sulfonamides is 1. The number of rotatable bonds is 4. The standard InChI is InChI=1S/C20H12Cl2FN3O4S/c21-11-3-1-2-10(6-11)13-5-4-12(7-14(13)22)26-31(29,30)18-9-17-16(8-15(18)23)24-19(27)20(28)25-17/h1-9,26H,(H,24,27)(H,25,28). The zero-order valence-corrected chi connectivity index (χ0v) is 17.7. The Bertz CT molecular complexity index is 1570. The van der Waals surface area contributed by atoms with Crippen LogP contribution in [-0.4, -0.2) is 18.4 Å². The zero-order valence-electron chi connectivity index (χ0n) is 15.4. The highest BCUT2D eigenvalue weighted by Gasteiger charge is 2.21. The lowest BCUT2D eigenvalue weighted by Gasteiger charge is -2.12. The zero-order chi connectivity index (χ0) is 22.3. The Labute approximate surface area is 184 Å². The number of nitrogens with one attached hydrogen (secondary N) is 3. The van der Waals surface area contributed by atoms with Crippen LogP contribution < -0.4 is 15.8 Å². The van der Waals surface area contributed by atoms with Crippen molar-refractivity contribution in [1.29, 1.82) is 0 Å². The fourth-order valence-electron chi connectivity index (χ4n) is 3.00. The van der Waals surface area contributed by atoms with Crippen LogP contribution in [-0.2, 0) is 10.0 Å². The van der Waals surface area contributed by atoms with Crippen LogP contribution in [0.1, 0.15) is 0 Å². The van der Waals surface area contributed by atoms with E-state index >= 15 is 0 Å². The van der Waals surface area contributed by atoms with E-state index in [1.165, 1.54) is 12.1 Å². The van der Waals surface area contributed by atoms with E-state index in [-0.39, 0.29) is 21.7 Å². The van der Waals surface area contributed by atoms with Gasteiger partial charge in [0.1, 0.15) is 10.7 Å². The topological polar surface area (TPSA) is 112 Å². The van der Waals surface area contributed by atoms with Gasteiger partial charge in [-0.1, -0.05) is 41.4 Å². The van der Waals surface area contributed by atoms with Gasteiger partial charge in [0, 0.05) is 16.7 Å². The number of fused-ring (bicyclic) bond motifs is 1. The lowest BCUT2D eigenvalue weighted by atomic mass is 10.1. The molecular weight excluding hydrogens is 468 g/mol. The molecule has 0 radical (unpaired) electrons. The van der Waals surface area contributed by atoms with Gasteiger partial charge in [-0.05, 0) is 35.9 Å². The molecule has 0 fully saturated rings. The summed E-state index contributed by atoms with van der Waals surface area (Å²) in [5, 5.41) is 0.771. The number of benzene rings is 3. The lowest BCUT2D eigenvalue weighted by molar-refractivity contribution is 0.571. The molecule has 0 aliphatic heterocycles. The number of hydrogen-bond acceptors (Lipinski definition) is 4. The first-order valence-electron chi connectivity index (χ1n) is 8.68. The number of aromatic nitrogens is 2. The molecule has 7 nitrogen and oxygen atoms in total. The second kappa shape index (κ2) is 7.84. The number of hydrogen-bond donors (Lipinski definition) is 3. The Morgan fingerprint density at radius 2 is 1.55 bits per heavy atom. The van der Waals surface area contributed by atoms with Gasteiger partial charge in [0.15, 0.2) is 0 Å². The van der Waals surface area contributed by atoms with Crippen LogP contribution in [0.15, 0.2) is 69.1 Å². The van der Waals surface area contributed by atoms with E-state index in [2.05, 4.69) is 14.7 Å². The Morgan fingerprint density at radius 1 is 0.871 bits per heavy atom. The van der Waals surface area contributed by atoms with E-state index in [1.54, 1.807) is 30.3 Å². The van der Waals surface area contributed by atoms with Crippen molar-refractivity contribution in [3.05, 3.63) is 91.2 Å². The van der Waals surface area contributed by atoms with Crippen LogP contribution in [0.25, 0.3) is 22.2 Å². The average molecular weight is 480 g/mol. The summed E-state index contributed by atoms with van der Waals surface area (Å²) in [5.74, 6) is -1.11. The van der Waals surface area contributed by atoms with Crippen molar-refractivity contribution in [2.24, 2.45) is 0 Å². The predicted octanol–water partition coefficient (Wildman–Crippen LogP) is 4.13. The van der Waals surface area contributed by atoms with Crippen LogP contribution in [0, 0.1) is 5.82 Å². The first-order valence-corrected chi connectivity index (χ1v) is 10.9. The first kappa shape index (κ1) is 21.1. The van der Waals surface area contributed by atoms with E-state index in [4.69, 9.17) is 23.2 Å². The van der Waals surface area contributed by atoms with Crippen LogP contribution in [0.3, 0.4) is 0 Å². The summed E-state index contributed by atoms with van der Waals surface area (Å²) in [4.78, 5) is 26.6. The normalized spacial score (nSPS) is 11.6. The molecule has 31 heavy (non-hydrogen) atoms. The summed E-state index contributed by atoms with van der Waals surface area (Å²) in [5.41, 5.74) is -0.578. The van der Waals surface area contributed by atoms with Gasteiger partial charge in [0.05, 0.1) is 21.7 Å². The second-order valence-electron chi connectivity index (χ2n) is 6.55. The maximum Gasteiger partial charge on any atom is 0.314 e. The largest absolute Gasteiger partial charge is 0.316 e. The molecule has 4 rings (SSSR count). The molecule has 4 aromatic rings. The van der Waals surface area contributed by atoms with Crippen LogP contribution in [0.2, 0.25) is 10.0 Å². The van der Waals surface area contributed by atoms with Gasteiger partial charge in [-0.2, -0.15) is 0 Å². The molecule has 0 saturated carbocycles. The minimum Gasteiger partial charge on any atom is -0.316 e. The number of aromatic amines is 2. The second-order valence-corrected chi connectivity index (χ2v) is 9.04. The minimum absolute atomic E-state index is 0.0410. The van der Waals surface area contributed by atoms with E-state index in [1.807, 2.05) is 0 Å². The molecule has 0 unspecified atom stereocenters. The van der Waals surface area contributed by atoms with Crippen molar-refractivity contribution in [3.63, 3.8) is 0 Å². The van der Waals surface area contributed by atoms with Gasteiger partial charge in [-0.25, -0.2) is 12.8 Å². The monoisotopic (exact) mass is 479 g/mol. The van der Waals surface area contributed by atoms with Crippen molar-refractivity contribution in [1.82, 2.24) is 9.97 Å². The fraction of sp³-hybridized carbons (Fsp3) is 0. The summed E-state index contributed by atoms with van der Waals surface area (Å²) in [6, 6.07) is 13.2. The van der Waals surface area contributed by atoms with E-state index in [9.17, 15) is 22.4 Å². The van der Waals surface area contributed by atoms with Crippen molar-refractivity contribution in [3.8, 4) is 11.1 Å². The molecule has 1 aromatic heterocycles. The lowest BCUT2D eigenvalue weighted by Crippen LogP contribution is -2.29. The molecule has 0 saturated heterocycles. The summed E-state index contributed by atoms with van der Waals surface area (Å²) >= 11 is 12.3. The fourth-order valence-corrected chi connectivity index (χ4v) is 4.62.